The molecule has 0 atom stereocenters. The fourth-order valence-corrected chi connectivity index (χ4v) is 1.88. The van der Waals surface area contributed by atoms with Crippen LogP contribution in [-0.4, -0.2) is 24.0 Å². The van der Waals surface area contributed by atoms with Gasteiger partial charge in [-0.25, -0.2) is 0 Å². The van der Waals surface area contributed by atoms with E-state index in [4.69, 9.17) is 4.74 Å². The number of carbonyl (C=O) groups is 2. The SMILES string of the molecule is COc1ccccc1CNC(=O)C(=O)Nc1cccc(O)c1. The Hall–Kier alpha value is -3.02. The van der Waals surface area contributed by atoms with Crippen LogP contribution in [0.4, 0.5) is 5.69 Å². The molecule has 0 heterocycles. The van der Waals surface area contributed by atoms with Gasteiger partial charge in [-0.2, -0.15) is 0 Å². The highest BCUT2D eigenvalue weighted by Gasteiger charge is 2.14. The van der Waals surface area contributed by atoms with Crippen LogP contribution in [0.2, 0.25) is 0 Å². The van der Waals surface area contributed by atoms with Crippen LogP contribution in [-0.2, 0) is 16.1 Å². The molecule has 2 aromatic carbocycles. The van der Waals surface area contributed by atoms with Gasteiger partial charge in [0.25, 0.3) is 0 Å². The van der Waals surface area contributed by atoms with E-state index in [0.29, 0.717) is 11.4 Å². The predicted octanol–water partition coefficient (Wildman–Crippen LogP) is 1.66. The van der Waals surface area contributed by atoms with Crippen LogP contribution in [0, 0.1) is 0 Å². The van der Waals surface area contributed by atoms with Gasteiger partial charge in [0, 0.05) is 23.9 Å². The maximum Gasteiger partial charge on any atom is 0.313 e. The fraction of sp³-hybridized carbons (Fsp3) is 0.125. The normalized spacial score (nSPS) is 9.86. The molecule has 0 fully saturated rings. The van der Waals surface area contributed by atoms with E-state index in [1.807, 2.05) is 12.1 Å². The standard InChI is InChI=1S/C16H16N2O4/c1-22-14-8-3-2-5-11(14)10-17-15(20)16(21)18-12-6-4-7-13(19)9-12/h2-9,19H,10H2,1H3,(H,17,20)(H,18,21). The molecule has 6 nitrogen and oxygen atoms in total. The third-order valence-corrected chi connectivity index (χ3v) is 2.94. The van der Waals surface area contributed by atoms with Crippen LogP contribution < -0.4 is 15.4 Å². The summed E-state index contributed by atoms with van der Waals surface area (Å²) in [7, 11) is 1.54. The summed E-state index contributed by atoms with van der Waals surface area (Å²) < 4.78 is 5.17. The molecule has 0 spiro atoms. The smallest absolute Gasteiger partial charge is 0.313 e. The molecular formula is C16H16N2O4. The van der Waals surface area contributed by atoms with Crippen molar-refractivity contribution in [2.45, 2.75) is 6.54 Å². The summed E-state index contributed by atoms with van der Waals surface area (Å²) in [5.41, 5.74) is 1.11. The van der Waals surface area contributed by atoms with E-state index >= 15 is 0 Å². The topological polar surface area (TPSA) is 87.7 Å². The Balaban J connectivity index is 1.93. The average Bonchev–Trinajstić information content (AvgIpc) is 2.52. The Morgan fingerprint density at radius 3 is 2.59 bits per heavy atom. The van der Waals surface area contributed by atoms with Gasteiger partial charge in [-0.3, -0.25) is 9.59 Å². The van der Waals surface area contributed by atoms with E-state index < -0.39 is 11.8 Å². The van der Waals surface area contributed by atoms with Crippen LogP contribution in [0.25, 0.3) is 0 Å². The van der Waals surface area contributed by atoms with Crippen molar-refractivity contribution in [2.24, 2.45) is 0 Å². The molecule has 2 amide bonds. The van der Waals surface area contributed by atoms with Crippen LogP contribution in [0.3, 0.4) is 0 Å². The van der Waals surface area contributed by atoms with Gasteiger partial charge in [0.15, 0.2) is 0 Å². The molecule has 0 aliphatic heterocycles. The summed E-state index contributed by atoms with van der Waals surface area (Å²) in [5, 5.41) is 14.2. The van der Waals surface area contributed by atoms with Crippen molar-refractivity contribution in [2.75, 3.05) is 12.4 Å². The van der Waals surface area contributed by atoms with Gasteiger partial charge in [0.1, 0.15) is 11.5 Å². The second kappa shape index (κ2) is 7.12. The van der Waals surface area contributed by atoms with E-state index in [0.717, 1.165) is 5.56 Å². The maximum absolute atomic E-state index is 11.8. The van der Waals surface area contributed by atoms with Crippen LogP contribution in [0.15, 0.2) is 48.5 Å². The van der Waals surface area contributed by atoms with Gasteiger partial charge in [-0.15, -0.1) is 0 Å². The number of anilines is 1. The average molecular weight is 300 g/mol. The Kier molecular flexibility index (Phi) is 4.98. The van der Waals surface area contributed by atoms with E-state index in [1.54, 1.807) is 24.3 Å². The monoisotopic (exact) mass is 300 g/mol. The molecule has 0 aromatic heterocycles. The van der Waals surface area contributed by atoms with Crippen LogP contribution in [0.5, 0.6) is 11.5 Å². The molecule has 0 saturated carbocycles. The molecule has 0 saturated heterocycles. The molecule has 0 bridgehead atoms. The number of amides is 2. The second-order valence-electron chi connectivity index (χ2n) is 4.50. The number of phenols is 1. The summed E-state index contributed by atoms with van der Waals surface area (Å²) in [5.74, 6) is -0.932. The molecule has 114 valence electrons. The number of rotatable bonds is 4. The summed E-state index contributed by atoms with van der Waals surface area (Å²) >= 11 is 0. The zero-order chi connectivity index (χ0) is 15.9. The van der Waals surface area contributed by atoms with Gasteiger partial charge < -0.3 is 20.5 Å². The van der Waals surface area contributed by atoms with Crippen molar-refractivity contribution in [3.05, 3.63) is 54.1 Å². The highest BCUT2D eigenvalue weighted by Crippen LogP contribution is 2.17. The quantitative estimate of drug-likeness (QED) is 0.749. The molecule has 3 N–H and O–H groups in total. The summed E-state index contributed by atoms with van der Waals surface area (Å²) in [6.07, 6.45) is 0. The lowest BCUT2D eigenvalue weighted by Crippen LogP contribution is -2.35. The van der Waals surface area contributed by atoms with Gasteiger partial charge >= 0.3 is 11.8 Å². The second-order valence-corrected chi connectivity index (χ2v) is 4.50. The van der Waals surface area contributed by atoms with Gasteiger partial charge in [0.05, 0.1) is 7.11 Å². The van der Waals surface area contributed by atoms with E-state index in [1.165, 1.54) is 19.2 Å². The Bertz CT molecular complexity index is 685. The third-order valence-electron chi connectivity index (χ3n) is 2.94. The van der Waals surface area contributed by atoms with E-state index in [-0.39, 0.29) is 12.3 Å². The lowest BCUT2D eigenvalue weighted by molar-refractivity contribution is -0.136. The fourth-order valence-electron chi connectivity index (χ4n) is 1.88. The number of benzene rings is 2. The first-order chi connectivity index (χ1) is 10.6. The van der Waals surface area contributed by atoms with Crippen molar-refractivity contribution in [1.29, 1.82) is 0 Å². The minimum atomic E-state index is -0.805. The first kappa shape index (κ1) is 15.4. The van der Waals surface area contributed by atoms with Crippen molar-refractivity contribution in [1.82, 2.24) is 5.32 Å². The lowest BCUT2D eigenvalue weighted by atomic mass is 10.2. The number of phenolic OH excluding ortho intramolecular Hbond substituents is 1. The maximum atomic E-state index is 11.8. The highest BCUT2D eigenvalue weighted by atomic mass is 16.5. The number of nitrogens with one attached hydrogen (secondary N) is 2. The van der Waals surface area contributed by atoms with Gasteiger partial charge in [0.2, 0.25) is 0 Å². The number of carbonyl (C=O) groups excluding carboxylic acids is 2. The first-order valence-corrected chi connectivity index (χ1v) is 6.60. The number of para-hydroxylation sites is 1. The predicted molar refractivity (Wildman–Crippen MR) is 81.6 cm³/mol. The largest absolute Gasteiger partial charge is 0.508 e. The Labute approximate surface area is 127 Å². The molecule has 0 aliphatic rings. The van der Waals surface area contributed by atoms with Crippen molar-refractivity contribution >= 4 is 17.5 Å². The molecule has 2 rings (SSSR count). The third kappa shape index (κ3) is 3.99. The number of aromatic hydroxyl groups is 1. The Morgan fingerprint density at radius 2 is 1.86 bits per heavy atom. The number of hydrogen-bond acceptors (Lipinski definition) is 4. The molecular weight excluding hydrogens is 284 g/mol. The number of ether oxygens (including phenoxy) is 1. The highest BCUT2D eigenvalue weighted by molar-refractivity contribution is 6.39. The number of methoxy groups -OCH3 is 1. The molecule has 0 aliphatic carbocycles. The van der Waals surface area contributed by atoms with Crippen LogP contribution >= 0.6 is 0 Å². The summed E-state index contributed by atoms with van der Waals surface area (Å²) in [6, 6.07) is 13.2. The Morgan fingerprint density at radius 1 is 1.09 bits per heavy atom. The molecule has 22 heavy (non-hydrogen) atoms. The minimum Gasteiger partial charge on any atom is -0.508 e. The van der Waals surface area contributed by atoms with Crippen molar-refractivity contribution < 1.29 is 19.4 Å². The van der Waals surface area contributed by atoms with E-state index in [9.17, 15) is 14.7 Å². The zero-order valence-electron chi connectivity index (χ0n) is 12.0. The van der Waals surface area contributed by atoms with Crippen molar-refractivity contribution in [3.63, 3.8) is 0 Å². The van der Waals surface area contributed by atoms with Crippen molar-refractivity contribution in [3.8, 4) is 11.5 Å². The summed E-state index contributed by atoms with van der Waals surface area (Å²) in [4.78, 5) is 23.5. The summed E-state index contributed by atoms with van der Waals surface area (Å²) in [6.45, 7) is 0.177. The number of hydrogen-bond donors (Lipinski definition) is 3. The first-order valence-electron chi connectivity index (χ1n) is 6.60. The zero-order valence-corrected chi connectivity index (χ0v) is 12.0. The van der Waals surface area contributed by atoms with Crippen LogP contribution in [0.1, 0.15) is 5.56 Å². The molecule has 6 heteroatoms. The molecule has 0 unspecified atom stereocenters. The van der Waals surface area contributed by atoms with E-state index in [2.05, 4.69) is 10.6 Å². The lowest BCUT2D eigenvalue weighted by Gasteiger charge is -2.09. The molecule has 2 aromatic rings. The van der Waals surface area contributed by atoms with Gasteiger partial charge in [-0.1, -0.05) is 24.3 Å². The van der Waals surface area contributed by atoms with Gasteiger partial charge in [-0.05, 0) is 18.2 Å². The molecule has 0 radical (unpaired) electrons. The minimum absolute atomic E-state index is 0.00669.